The average molecular weight is 229 g/mol. The van der Waals surface area contributed by atoms with Crippen LogP contribution in [0.15, 0.2) is 18.2 Å². The van der Waals surface area contributed by atoms with Gasteiger partial charge in [0.25, 0.3) is 0 Å². The van der Waals surface area contributed by atoms with Crippen LogP contribution in [0.1, 0.15) is 13.8 Å². The van der Waals surface area contributed by atoms with Crippen LogP contribution in [0.2, 0.25) is 0 Å². The third kappa shape index (κ3) is 4.57. The summed E-state index contributed by atoms with van der Waals surface area (Å²) in [7, 11) is 0. The predicted molar refractivity (Wildman–Crippen MR) is 59.6 cm³/mol. The van der Waals surface area contributed by atoms with Crippen molar-refractivity contribution in [3.8, 4) is 5.75 Å². The van der Waals surface area contributed by atoms with E-state index in [-0.39, 0.29) is 5.75 Å². The zero-order valence-corrected chi connectivity index (χ0v) is 9.59. The van der Waals surface area contributed by atoms with Gasteiger partial charge in [-0.15, -0.1) is 0 Å². The van der Waals surface area contributed by atoms with Crippen LogP contribution in [0.5, 0.6) is 5.75 Å². The van der Waals surface area contributed by atoms with E-state index in [1.807, 2.05) is 0 Å². The van der Waals surface area contributed by atoms with Gasteiger partial charge in [0, 0.05) is 12.6 Å². The molecule has 0 spiro atoms. The van der Waals surface area contributed by atoms with Crippen molar-refractivity contribution in [2.75, 3.05) is 19.7 Å². The molecule has 0 aliphatic rings. The highest BCUT2D eigenvalue weighted by Crippen LogP contribution is 2.17. The van der Waals surface area contributed by atoms with Gasteiger partial charge < -0.3 is 10.1 Å². The van der Waals surface area contributed by atoms with Crippen molar-refractivity contribution in [3.05, 3.63) is 29.8 Å². The first-order chi connectivity index (χ1) is 7.59. The van der Waals surface area contributed by atoms with Gasteiger partial charge in [0.1, 0.15) is 12.4 Å². The molecule has 0 amide bonds. The minimum atomic E-state index is -0.663. The minimum Gasteiger partial charge on any atom is -0.489 e. The Bertz CT molecular complexity index is 329. The van der Waals surface area contributed by atoms with Gasteiger partial charge in [-0.3, -0.25) is 0 Å². The third-order valence-electron chi connectivity index (χ3n) is 1.98. The summed E-state index contributed by atoms with van der Waals surface area (Å²) in [5.74, 6) is -0.595. The Morgan fingerprint density at radius 2 is 2.06 bits per heavy atom. The lowest BCUT2D eigenvalue weighted by Gasteiger charge is -2.09. The molecule has 0 heterocycles. The highest BCUT2D eigenvalue weighted by molar-refractivity contribution is 5.24. The van der Waals surface area contributed by atoms with E-state index in [0.717, 1.165) is 12.6 Å². The number of rotatable bonds is 6. The fourth-order valence-corrected chi connectivity index (χ4v) is 1.22. The molecule has 2 nitrogen and oxygen atoms in total. The summed E-state index contributed by atoms with van der Waals surface area (Å²) in [4.78, 5) is 0. The van der Waals surface area contributed by atoms with Crippen molar-refractivity contribution >= 4 is 0 Å². The molecule has 1 rings (SSSR count). The van der Waals surface area contributed by atoms with Crippen molar-refractivity contribution in [2.24, 2.45) is 5.92 Å². The van der Waals surface area contributed by atoms with Crippen LogP contribution in [-0.2, 0) is 0 Å². The van der Waals surface area contributed by atoms with E-state index < -0.39 is 11.6 Å². The first-order valence-corrected chi connectivity index (χ1v) is 5.38. The van der Waals surface area contributed by atoms with Crippen molar-refractivity contribution in [2.45, 2.75) is 13.8 Å². The number of hydrogen-bond donors (Lipinski definition) is 1. The van der Waals surface area contributed by atoms with Gasteiger partial charge in [-0.1, -0.05) is 13.8 Å². The van der Waals surface area contributed by atoms with Crippen molar-refractivity contribution < 1.29 is 13.5 Å². The van der Waals surface area contributed by atoms with Gasteiger partial charge in [0.2, 0.25) is 0 Å². The van der Waals surface area contributed by atoms with E-state index in [2.05, 4.69) is 19.2 Å². The summed E-state index contributed by atoms with van der Waals surface area (Å²) >= 11 is 0. The monoisotopic (exact) mass is 229 g/mol. The maximum absolute atomic E-state index is 13.1. The molecule has 0 saturated heterocycles. The van der Waals surface area contributed by atoms with E-state index in [0.29, 0.717) is 19.1 Å². The van der Waals surface area contributed by atoms with Gasteiger partial charge in [-0.25, -0.2) is 8.78 Å². The fraction of sp³-hybridized carbons (Fsp3) is 0.500. The highest BCUT2D eigenvalue weighted by Gasteiger charge is 2.04. The molecule has 0 aromatic heterocycles. The van der Waals surface area contributed by atoms with Crippen LogP contribution in [-0.4, -0.2) is 19.7 Å². The molecular formula is C12H17F2NO. The highest BCUT2D eigenvalue weighted by atomic mass is 19.1. The number of ether oxygens (including phenoxy) is 1. The Labute approximate surface area is 94.6 Å². The van der Waals surface area contributed by atoms with E-state index in [1.54, 1.807) is 0 Å². The van der Waals surface area contributed by atoms with E-state index >= 15 is 0 Å². The molecule has 90 valence electrons. The van der Waals surface area contributed by atoms with Crippen molar-refractivity contribution in [3.63, 3.8) is 0 Å². The second-order valence-electron chi connectivity index (χ2n) is 4.02. The maximum Gasteiger partial charge on any atom is 0.167 e. The first kappa shape index (κ1) is 12.9. The summed E-state index contributed by atoms with van der Waals surface area (Å²) in [6.45, 7) is 6.13. The second-order valence-corrected chi connectivity index (χ2v) is 4.02. The number of nitrogens with one attached hydrogen (secondary N) is 1. The summed E-state index contributed by atoms with van der Waals surface area (Å²) < 4.78 is 30.8. The van der Waals surface area contributed by atoms with Crippen LogP contribution in [0.4, 0.5) is 8.78 Å². The van der Waals surface area contributed by atoms with Gasteiger partial charge in [-0.2, -0.15) is 0 Å². The molecule has 1 aromatic rings. The Morgan fingerprint density at radius 3 is 2.69 bits per heavy atom. The van der Waals surface area contributed by atoms with Crippen LogP contribution in [0, 0.1) is 17.6 Å². The van der Waals surface area contributed by atoms with Gasteiger partial charge in [-0.05, 0) is 24.6 Å². The molecule has 0 aliphatic heterocycles. The Morgan fingerprint density at radius 1 is 1.31 bits per heavy atom. The molecule has 0 fully saturated rings. The van der Waals surface area contributed by atoms with Crippen molar-refractivity contribution in [1.82, 2.24) is 5.32 Å². The van der Waals surface area contributed by atoms with Crippen LogP contribution in [0.25, 0.3) is 0 Å². The average Bonchev–Trinajstić information content (AvgIpc) is 2.20. The minimum absolute atomic E-state index is 0.0905. The molecule has 16 heavy (non-hydrogen) atoms. The molecule has 4 heteroatoms. The topological polar surface area (TPSA) is 21.3 Å². The van der Waals surface area contributed by atoms with Gasteiger partial charge >= 0.3 is 0 Å². The quantitative estimate of drug-likeness (QED) is 0.757. The standard InChI is InChI=1S/C12H17F2NO/c1-9(2)8-15-5-6-16-12-4-3-10(13)7-11(12)14/h3-4,7,9,15H,5-6,8H2,1-2H3. The zero-order chi connectivity index (χ0) is 12.0. The normalized spacial score (nSPS) is 10.8. The van der Waals surface area contributed by atoms with Crippen LogP contribution >= 0.6 is 0 Å². The van der Waals surface area contributed by atoms with E-state index in [1.165, 1.54) is 12.1 Å². The van der Waals surface area contributed by atoms with Crippen LogP contribution < -0.4 is 10.1 Å². The lowest BCUT2D eigenvalue weighted by atomic mass is 10.2. The fourth-order valence-electron chi connectivity index (χ4n) is 1.22. The molecule has 0 radical (unpaired) electrons. The molecule has 0 saturated carbocycles. The molecule has 1 N–H and O–H groups in total. The molecule has 1 aromatic carbocycles. The smallest absolute Gasteiger partial charge is 0.167 e. The predicted octanol–water partition coefficient (Wildman–Crippen LogP) is 2.59. The Hall–Kier alpha value is -1.16. The number of hydrogen-bond acceptors (Lipinski definition) is 2. The van der Waals surface area contributed by atoms with E-state index in [9.17, 15) is 8.78 Å². The summed E-state index contributed by atoms with van der Waals surface area (Å²) in [6, 6.07) is 3.30. The largest absolute Gasteiger partial charge is 0.489 e. The Balaban J connectivity index is 2.27. The molecule has 0 aliphatic carbocycles. The molecule has 0 atom stereocenters. The number of benzene rings is 1. The first-order valence-electron chi connectivity index (χ1n) is 5.38. The maximum atomic E-state index is 13.1. The van der Waals surface area contributed by atoms with Gasteiger partial charge in [0.05, 0.1) is 0 Å². The zero-order valence-electron chi connectivity index (χ0n) is 9.59. The summed E-state index contributed by atoms with van der Waals surface area (Å²) in [5.41, 5.74) is 0. The Kier molecular flexibility index (Phi) is 5.19. The lowest BCUT2D eigenvalue weighted by molar-refractivity contribution is 0.295. The number of halogens is 2. The van der Waals surface area contributed by atoms with Crippen molar-refractivity contribution in [1.29, 1.82) is 0 Å². The SMILES string of the molecule is CC(C)CNCCOc1ccc(F)cc1F. The van der Waals surface area contributed by atoms with E-state index in [4.69, 9.17) is 4.74 Å². The molecule has 0 unspecified atom stereocenters. The van der Waals surface area contributed by atoms with Gasteiger partial charge in [0.15, 0.2) is 11.6 Å². The summed E-state index contributed by atoms with van der Waals surface area (Å²) in [6.07, 6.45) is 0. The summed E-state index contributed by atoms with van der Waals surface area (Å²) in [5, 5.41) is 3.16. The van der Waals surface area contributed by atoms with Crippen LogP contribution in [0.3, 0.4) is 0 Å². The lowest BCUT2D eigenvalue weighted by Crippen LogP contribution is -2.25. The third-order valence-corrected chi connectivity index (χ3v) is 1.98. The second kappa shape index (κ2) is 6.43. The molecule has 0 bridgehead atoms. The molecular weight excluding hydrogens is 212 g/mol.